The van der Waals surface area contributed by atoms with E-state index in [1.807, 2.05) is 91.0 Å². The Balaban J connectivity index is 1.44. The molecule has 0 amide bonds. The second-order valence-electron chi connectivity index (χ2n) is 10.7. The lowest BCUT2D eigenvalue weighted by Gasteiger charge is -2.25. The van der Waals surface area contributed by atoms with Gasteiger partial charge in [-0.15, -0.1) is 0 Å². The number of hydrogen-bond donors (Lipinski definition) is 1. The third kappa shape index (κ3) is 4.84. The van der Waals surface area contributed by atoms with Crippen LogP contribution >= 0.6 is 0 Å². The van der Waals surface area contributed by atoms with Gasteiger partial charge in [0.2, 0.25) is 0 Å². The Kier molecular flexibility index (Phi) is 6.50. The summed E-state index contributed by atoms with van der Waals surface area (Å²) in [6.07, 6.45) is 1.80. The van der Waals surface area contributed by atoms with Crippen molar-refractivity contribution >= 4 is 39.3 Å². The third-order valence-corrected chi connectivity index (χ3v) is 7.81. The Morgan fingerprint density at radius 2 is 1.29 bits per heavy atom. The van der Waals surface area contributed by atoms with Gasteiger partial charge in [-0.1, -0.05) is 78.9 Å². The van der Waals surface area contributed by atoms with Gasteiger partial charge in [-0.25, -0.2) is 15.0 Å². The number of aromatic hydroxyl groups is 1. The summed E-state index contributed by atoms with van der Waals surface area (Å²) >= 11 is 0. The topological polar surface area (TPSA) is 75.3 Å². The lowest BCUT2D eigenvalue weighted by atomic mass is 9.99. The second-order valence-corrected chi connectivity index (χ2v) is 10.7. The quantitative estimate of drug-likeness (QED) is 0.210. The van der Waals surface area contributed by atoms with Crippen molar-refractivity contribution in [3.63, 3.8) is 0 Å². The maximum absolute atomic E-state index is 10.8. The van der Waals surface area contributed by atoms with Gasteiger partial charge in [0.25, 0.3) is 0 Å². The summed E-state index contributed by atoms with van der Waals surface area (Å²) in [5, 5.41) is 11.7. The maximum atomic E-state index is 10.8. The standard InChI is InChI=1S/C39H26N4O2/c44-33-19-9-7-17-31(33)39-41-36(38-37(42-39)32-18-8-10-20-34(32)45-38)28-23-27(26-13-3-1-4-14-26)24-30(25-28)43(29-15-5-2-6-16-29)35-21-11-12-22-40-35/h1-25,44H. The van der Waals surface area contributed by atoms with Gasteiger partial charge in [-0.05, 0) is 77.9 Å². The van der Waals surface area contributed by atoms with Crippen LogP contribution in [0.3, 0.4) is 0 Å². The van der Waals surface area contributed by atoms with Crippen LogP contribution in [0.1, 0.15) is 0 Å². The summed E-state index contributed by atoms with van der Waals surface area (Å²) in [4.78, 5) is 16.9. The molecule has 0 bridgehead atoms. The molecule has 8 rings (SSSR count). The van der Waals surface area contributed by atoms with Crippen molar-refractivity contribution in [2.45, 2.75) is 0 Å². The van der Waals surface area contributed by atoms with Gasteiger partial charge in [0.05, 0.1) is 5.56 Å². The number of rotatable bonds is 6. The van der Waals surface area contributed by atoms with Crippen molar-refractivity contribution in [1.82, 2.24) is 15.0 Å². The monoisotopic (exact) mass is 582 g/mol. The summed E-state index contributed by atoms with van der Waals surface area (Å²) < 4.78 is 6.46. The fraction of sp³-hybridized carbons (Fsp3) is 0. The molecule has 0 saturated carbocycles. The largest absolute Gasteiger partial charge is 0.507 e. The first-order valence-electron chi connectivity index (χ1n) is 14.7. The molecule has 0 aliphatic carbocycles. The molecule has 1 N–H and O–H groups in total. The van der Waals surface area contributed by atoms with Gasteiger partial charge in [0.15, 0.2) is 11.4 Å². The number of benzene rings is 5. The summed E-state index contributed by atoms with van der Waals surface area (Å²) in [7, 11) is 0. The molecule has 45 heavy (non-hydrogen) atoms. The number of phenolic OH excluding ortho intramolecular Hbond substituents is 1. The van der Waals surface area contributed by atoms with Crippen molar-refractivity contribution in [3.05, 3.63) is 152 Å². The first-order chi connectivity index (χ1) is 22.2. The minimum absolute atomic E-state index is 0.111. The highest BCUT2D eigenvalue weighted by Gasteiger charge is 2.22. The number of hydrogen-bond acceptors (Lipinski definition) is 6. The van der Waals surface area contributed by atoms with Crippen molar-refractivity contribution in [2.24, 2.45) is 0 Å². The molecule has 3 aromatic heterocycles. The molecular formula is C39H26N4O2. The molecule has 214 valence electrons. The summed E-state index contributed by atoms with van der Waals surface area (Å²) in [5.74, 6) is 1.31. The molecule has 0 atom stereocenters. The molecule has 0 aliphatic heterocycles. The zero-order valence-electron chi connectivity index (χ0n) is 24.1. The van der Waals surface area contributed by atoms with Gasteiger partial charge in [0.1, 0.15) is 28.4 Å². The molecule has 0 aliphatic rings. The summed E-state index contributed by atoms with van der Waals surface area (Å²) in [6, 6.07) is 47.8. The van der Waals surface area contributed by atoms with Crippen LogP contribution in [-0.4, -0.2) is 20.1 Å². The minimum atomic E-state index is 0.111. The molecular weight excluding hydrogens is 556 g/mol. The highest BCUT2D eigenvalue weighted by Crippen LogP contribution is 2.42. The van der Waals surface area contributed by atoms with Gasteiger partial charge in [-0.3, -0.25) is 4.90 Å². The average Bonchev–Trinajstić information content (AvgIpc) is 3.48. The normalized spacial score (nSPS) is 11.2. The van der Waals surface area contributed by atoms with Crippen molar-refractivity contribution in [3.8, 4) is 39.5 Å². The lowest BCUT2D eigenvalue weighted by molar-refractivity contribution is 0.477. The maximum Gasteiger partial charge on any atom is 0.180 e. The minimum Gasteiger partial charge on any atom is -0.507 e. The Labute approximate surface area is 259 Å². The molecule has 0 fully saturated rings. The van der Waals surface area contributed by atoms with Crippen LogP contribution in [0, 0.1) is 0 Å². The number of furan rings is 1. The zero-order chi connectivity index (χ0) is 30.2. The molecule has 0 spiro atoms. The highest BCUT2D eigenvalue weighted by atomic mass is 16.3. The van der Waals surface area contributed by atoms with Crippen LogP contribution in [0.25, 0.3) is 55.8 Å². The zero-order valence-corrected chi connectivity index (χ0v) is 24.1. The fourth-order valence-electron chi connectivity index (χ4n) is 5.72. The molecule has 3 heterocycles. The first kappa shape index (κ1) is 26.4. The predicted octanol–water partition coefficient (Wildman–Crippen LogP) is 9.95. The van der Waals surface area contributed by atoms with Crippen molar-refractivity contribution in [2.75, 3.05) is 4.90 Å². The van der Waals surface area contributed by atoms with E-state index in [0.717, 1.165) is 44.9 Å². The lowest BCUT2D eigenvalue weighted by Crippen LogP contribution is -2.11. The van der Waals surface area contributed by atoms with E-state index in [4.69, 9.17) is 19.4 Å². The number of para-hydroxylation sites is 3. The molecule has 6 nitrogen and oxygen atoms in total. The number of phenols is 1. The van der Waals surface area contributed by atoms with Crippen LogP contribution in [0.4, 0.5) is 17.2 Å². The number of anilines is 3. The average molecular weight is 583 g/mol. The number of aromatic nitrogens is 3. The first-order valence-corrected chi connectivity index (χ1v) is 14.7. The molecule has 6 heteroatoms. The van der Waals surface area contributed by atoms with Crippen LogP contribution in [0.5, 0.6) is 5.75 Å². The highest BCUT2D eigenvalue weighted by molar-refractivity contribution is 6.07. The number of pyridine rings is 1. The van der Waals surface area contributed by atoms with E-state index >= 15 is 0 Å². The molecule has 5 aromatic carbocycles. The van der Waals surface area contributed by atoms with Crippen LogP contribution in [0.2, 0.25) is 0 Å². The van der Waals surface area contributed by atoms with E-state index in [1.165, 1.54) is 0 Å². The Bertz CT molecular complexity index is 2250. The van der Waals surface area contributed by atoms with Gasteiger partial charge in [-0.2, -0.15) is 0 Å². The SMILES string of the molecule is Oc1ccccc1-c1nc(-c2cc(-c3ccccc3)cc(N(c3ccccc3)c3ccccn3)c2)c2oc3ccccc3c2n1. The number of nitrogens with zero attached hydrogens (tertiary/aromatic N) is 4. The Morgan fingerprint density at radius 3 is 2.09 bits per heavy atom. The van der Waals surface area contributed by atoms with E-state index in [2.05, 4.69) is 47.4 Å². The van der Waals surface area contributed by atoms with Crippen molar-refractivity contribution in [1.29, 1.82) is 0 Å². The van der Waals surface area contributed by atoms with E-state index < -0.39 is 0 Å². The van der Waals surface area contributed by atoms with E-state index in [0.29, 0.717) is 28.2 Å². The van der Waals surface area contributed by atoms with Crippen LogP contribution in [-0.2, 0) is 0 Å². The van der Waals surface area contributed by atoms with E-state index in [9.17, 15) is 5.11 Å². The van der Waals surface area contributed by atoms with Gasteiger partial charge >= 0.3 is 0 Å². The van der Waals surface area contributed by atoms with E-state index in [1.54, 1.807) is 18.3 Å². The fourth-order valence-corrected chi connectivity index (χ4v) is 5.72. The van der Waals surface area contributed by atoms with Crippen LogP contribution in [0.15, 0.2) is 156 Å². The smallest absolute Gasteiger partial charge is 0.180 e. The summed E-state index contributed by atoms with van der Waals surface area (Å²) in [6.45, 7) is 0. The molecule has 0 unspecified atom stereocenters. The van der Waals surface area contributed by atoms with Crippen LogP contribution < -0.4 is 4.90 Å². The Hall–Kier alpha value is -6.27. The summed E-state index contributed by atoms with van der Waals surface area (Å²) in [5.41, 5.74) is 7.94. The van der Waals surface area contributed by atoms with Gasteiger partial charge in [0, 0.05) is 28.5 Å². The van der Waals surface area contributed by atoms with Gasteiger partial charge < -0.3 is 9.52 Å². The predicted molar refractivity (Wildman–Crippen MR) is 180 cm³/mol. The van der Waals surface area contributed by atoms with E-state index in [-0.39, 0.29) is 5.75 Å². The van der Waals surface area contributed by atoms with Crippen molar-refractivity contribution < 1.29 is 9.52 Å². The molecule has 0 saturated heterocycles. The Morgan fingerprint density at radius 1 is 0.578 bits per heavy atom. The molecule has 8 aromatic rings. The third-order valence-electron chi connectivity index (χ3n) is 7.81. The second kappa shape index (κ2) is 11.1. The number of fused-ring (bicyclic) bond motifs is 3. The molecule has 0 radical (unpaired) electrons.